The third kappa shape index (κ3) is 6.95. The number of thiophene rings is 1. The lowest BCUT2D eigenvalue weighted by atomic mass is 9.99. The number of amides is 3. The van der Waals surface area contributed by atoms with E-state index in [9.17, 15) is 14.4 Å². The molecular formula is C40H39ClN10O3S. The third-order valence-corrected chi connectivity index (χ3v) is 11.9. The molecule has 4 aliphatic rings. The van der Waals surface area contributed by atoms with Gasteiger partial charge in [0.25, 0.3) is 5.91 Å². The number of piperidine rings is 1. The van der Waals surface area contributed by atoms with Gasteiger partial charge in [0.1, 0.15) is 28.8 Å². The SMILES string of the molecule is CC(=N)N1C(=N)[C@H](C)N=C(c2ccc(Cl)cc2)c2c1sc(C#Cc1cnn(CCN3CC(Nc4cccc5c4CN(C4CCC(=O)NC4=O)C5=O)C3)c1)c2C. The summed E-state index contributed by atoms with van der Waals surface area (Å²) >= 11 is 7.66. The molecule has 6 heterocycles. The van der Waals surface area contributed by atoms with Crippen molar-refractivity contribution in [2.45, 2.75) is 64.8 Å². The monoisotopic (exact) mass is 774 g/mol. The molecule has 280 valence electrons. The van der Waals surface area contributed by atoms with E-state index in [0.717, 1.165) is 68.7 Å². The van der Waals surface area contributed by atoms with E-state index in [4.69, 9.17) is 27.4 Å². The smallest absolute Gasteiger partial charge is 0.255 e. The van der Waals surface area contributed by atoms with Crippen LogP contribution >= 0.6 is 22.9 Å². The van der Waals surface area contributed by atoms with Crippen LogP contribution in [-0.2, 0) is 22.7 Å². The number of carbonyl (C=O) groups is 3. The minimum atomic E-state index is -0.638. The summed E-state index contributed by atoms with van der Waals surface area (Å²) in [4.78, 5) is 48.7. The Kier molecular flexibility index (Phi) is 9.62. The second-order valence-corrected chi connectivity index (χ2v) is 15.7. The first-order valence-corrected chi connectivity index (χ1v) is 19.4. The van der Waals surface area contributed by atoms with Crippen molar-refractivity contribution in [2.24, 2.45) is 4.99 Å². The van der Waals surface area contributed by atoms with E-state index in [2.05, 4.69) is 32.5 Å². The van der Waals surface area contributed by atoms with Gasteiger partial charge in [0.2, 0.25) is 11.8 Å². The second-order valence-electron chi connectivity index (χ2n) is 14.3. The first-order chi connectivity index (χ1) is 26.4. The third-order valence-electron chi connectivity index (χ3n) is 10.5. The highest BCUT2D eigenvalue weighted by molar-refractivity contribution is 7.17. The number of nitrogens with one attached hydrogen (secondary N) is 4. The Balaban J connectivity index is 0.902. The minimum Gasteiger partial charge on any atom is -0.379 e. The summed E-state index contributed by atoms with van der Waals surface area (Å²) in [7, 11) is 0. The number of fused-ring (bicyclic) bond motifs is 2. The van der Waals surface area contributed by atoms with Gasteiger partial charge in [-0.25, -0.2) is 0 Å². The Morgan fingerprint density at radius 3 is 2.64 bits per heavy atom. The number of nitrogens with zero attached hydrogens (tertiary/aromatic N) is 6. The fourth-order valence-corrected chi connectivity index (χ4v) is 8.89. The fourth-order valence-electron chi connectivity index (χ4n) is 7.54. The van der Waals surface area contributed by atoms with E-state index in [-0.39, 0.29) is 35.9 Å². The average molecular weight is 775 g/mol. The number of aliphatic imine (C=N–C) groups is 1. The van der Waals surface area contributed by atoms with Crippen molar-refractivity contribution in [3.05, 3.63) is 98.1 Å². The molecule has 4 aliphatic heterocycles. The summed E-state index contributed by atoms with van der Waals surface area (Å²) < 4.78 is 1.90. The number of rotatable bonds is 7. The van der Waals surface area contributed by atoms with Gasteiger partial charge in [-0.3, -0.25) is 50.0 Å². The van der Waals surface area contributed by atoms with Gasteiger partial charge in [0.05, 0.1) is 34.9 Å². The van der Waals surface area contributed by atoms with E-state index >= 15 is 0 Å². The predicted octanol–water partition coefficient (Wildman–Crippen LogP) is 4.88. The lowest BCUT2D eigenvalue weighted by molar-refractivity contribution is -0.136. The molecule has 0 aliphatic carbocycles. The zero-order valence-corrected chi connectivity index (χ0v) is 32.1. The first-order valence-electron chi connectivity index (χ1n) is 18.2. The Hall–Kier alpha value is -5.62. The molecule has 55 heavy (non-hydrogen) atoms. The summed E-state index contributed by atoms with van der Waals surface area (Å²) in [6.45, 7) is 9.10. The number of hydrogen-bond acceptors (Lipinski definition) is 10. The van der Waals surface area contributed by atoms with Crippen LogP contribution in [0.15, 0.2) is 59.9 Å². The van der Waals surface area contributed by atoms with Crippen LogP contribution in [-0.4, -0.2) is 92.4 Å². The zero-order valence-electron chi connectivity index (χ0n) is 30.6. The van der Waals surface area contributed by atoms with Crippen molar-refractivity contribution in [2.75, 3.05) is 29.9 Å². The zero-order chi connectivity index (χ0) is 38.5. The first kappa shape index (κ1) is 36.4. The van der Waals surface area contributed by atoms with Crippen LogP contribution in [0, 0.1) is 29.6 Å². The number of imide groups is 1. The molecule has 0 radical (unpaired) electrons. The van der Waals surface area contributed by atoms with Gasteiger partial charge in [0.15, 0.2) is 0 Å². The molecule has 2 atom stereocenters. The van der Waals surface area contributed by atoms with E-state index < -0.39 is 18.0 Å². The Bertz CT molecular complexity index is 2360. The van der Waals surface area contributed by atoms with Crippen LogP contribution < -0.4 is 15.5 Å². The van der Waals surface area contributed by atoms with Gasteiger partial charge in [-0.05, 0) is 57.0 Å². The summed E-state index contributed by atoms with van der Waals surface area (Å²) in [5, 5.41) is 29.3. The average Bonchev–Trinajstić information content (AvgIpc) is 3.81. The number of hydrogen-bond donors (Lipinski definition) is 4. The largest absolute Gasteiger partial charge is 0.379 e. The van der Waals surface area contributed by atoms with Crippen LogP contribution in [0.25, 0.3) is 0 Å². The Morgan fingerprint density at radius 1 is 1.11 bits per heavy atom. The van der Waals surface area contributed by atoms with Crippen molar-refractivity contribution in [1.82, 2.24) is 24.9 Å². The predicted molar refractivity (Wildman–Crippen MR) is 214 cm³/mol. The van der Waals surface area contributed by atoms with Crippen LogP contribution in [0.4, 0.5) is 10.7 Å². The molecule has 3 amide bonds. The van der Waals surface area contributed by atoms with Crippen LogP contribution in [0.5, 0.6) is 0 Å². The quantitative estimate of drug-likeness (QED) is 0.0900. The van der Waals surface area contributed by atoms with E-state index in [1.807, 2.05) is 61.1 Å². The number of likely N-dealkylation sites (tertiary alicyclic amines) is 1. The van der Waals surface area contributed by atoms with Gasteiger partial charge in [-0.1, -0.05) is 41.6 Å². The maximum Gasteiger partial charge on any atom is 0.255 e. The fraction of sp³-hybridized carbons (Fsp3) is 0.325. The standard InChI is InChI=1S/C40H39ClN10O3S/c1-22-33(55-40-35(22)36(26-8-10-27(41)11-9-26)45-23(2)37(43)51(40)24(3)42)13-7-25-17-44-49(18-25)16-15-48-19-28(20-48)46-31-6-4-5-29-30(31)21-50(39(29)54)32-12-14-34(52)47-38(32)53/h4-6,8-11,17-18,23,28,32,42-43,46H,12,14-16,19-21H2,1-3H3,(H,47,52,53)/t23-,32?/m0/s1. The summed E-state index contributed by atoms with van der Waals surface area (Å²) in [5.74, 6) is 6.23. The van der Waals surface area contributed by atoms with Crippen molar-refractivity contribution < 1.29 is 14.4 Å². The van der Waals surface area contributed by atoms with Crippen molar-refractivity contribution >= 4 is 68.7 Å². The molecule has 0 bridgehead atoms. The van der Waals surface area contributed by atoms with Gasteiger partial charge < -0.3 is 10.2 Å². The molecule has 4 aromatic rings. The number of halogens is 1. The molecule has 0 saturated carbocycles. The maximum absolute atomic E-state index is 13.2. The van der Waals surface area contributed by atoms with Gasteiger partial charge >= 0.3 is 0 Å². The molecule has 1 unspecified atom stereocenters. The summed E-state index contributed by atoms with van der Waals surface area (Å²) in [6.07, 6.45) is 4.28. The molecule has 4 N–H and O–H groups in total. The van der Waals surface area contributed by atoms with Gasteiger partial charge in [0, 0.05) is 71.8 Å². The number of aromatic nitrogens is 2. The molecule has 2 fully saturated rings. The van der Waals surface area contributed by atoms with E-state index in [0.29, 0.717) is 30.1 Å². The highest BCUT2D eigenvalue weighted by atomic mass is 35.5. The number of amidine groups is 2. The number of anilines is 2. The van der Waals surface area contributed by atoms with E-state index in [1.165, 1.54) is 11.3 Å². The maximum atomic E-state index is 13.2. The molecule has 0 spiro atoms. The highest BCUT2D eigenvalue weighted by Gasteiger charge is 2.40. The normalized spacial score (nSPS) is 19.9. The molecule has 2 aromatic heterocycles. The lowest BCUT2D eigenvalue weighted by Crippen LogP contribution is -2.55. The van der Waals surface area contributed by atoms with Crippen LogP contribution in [0.1, 0.15) is 69.7 Å². The van der Waals surface area contributed by atoms with E-state index in [1.54, 1.807) is 29.0 Å². The molecule has 13 nitrogen and oxygen atoms in total. The summed E-state index contributed by atoms with van der Waals surface area (Å²) in [5.41, 5.74) is 6.64. The van der Waals surface area contributed by atoms with Crippen molar-refractivity contribution in [3.63, 3.8) is 0 Å². The summed E-state index contributed by atoms with van der Waals surface area (Å²) in [6, 6.07) is 12.3. The molecule has 2 aromatic carbocycles. The van der Waals surface area contributed by atoms with Crippen molar-refractivity contribution in [1.29, 1.82) is 10.8 Å². The molecule has 8 rings (SSSR count). The Morgan fingerprint density at radius 2 is 1.89 bits per heavy atom. The van der Waals surface area contributed by atoms with Gasteiger partial charge in [-0.2, -0.15) is 5.10 Å². The molecule has 2 saturated heterocycles. The van der Waals surface area contributed by atoms with Crippen LogP contribution in [0.3, 0.4) is 0 Å². The molecular weight excluding hydrogens is 736 g/mol. The highest BCUT2D eigenvalue weighted by Crippen LogP contribution is 2.40. The van der Waals surface area contributed by atoms with Gasteiger partial charge in [-0.15, -0.1) is 11.3 Å². The Labute approximate surface area is 327 Å². The minimum absolute atomic E-state index is 0.176. The number of benzene rings is 2. The number of carbonyl (C=O) groups excluding carboxylic acids is 3. The second kappa shape index (κ2) is 14.6. The van der Waals surface area contributed by atoms with Crippen molar-refractivity contribution in [3.8, 4) is 11.8 Å². The van der Waals surface area contributed by atoms with Crippen LogP contribution in [0.2, 0.25) is 5.02 Å². The lowest BCUT2D eigenvalue weighted by Gasteiger charge is -2.40. The molecule has 15 heteroatoms. The topological polar surface area (TPSA) is 163 Å².